The predicted octanol–water partition coefficient (Wildman–Crippen LogP) is 11.9. The third kappa shape index (κ3) is 4.65. The molecule has 0 fully saturated rings. The van der Waals surface area contributed by atoms with Gasteiger partial charge in [0, 0.05) is 39.5 Å². The van der Waals surface area contributed by atoms with Crippen molar-refractivity contribution in [1.82, 2.24) is 14.5 Å². The second kappa shape index (κ2) is 11.4. The van der Waals surface area contributed by atoms with Gasteiger partial charge in [0.25, 0.3) is 0 Å². The number of rotatable bonds is 6. The minimum absolute atomic E-state index is 0.521. The van der Waals surface area contributed by atoms with E-state index in [2.05, 4.69) is 131 Å². The summed E-state index contributed by atoms with van der Waals surface area (Å²) < 4.78 is 14.9. The molecule has 0 amide bonds. The first-order chi connectivity index (χ1) is 24.8. The van der Waals surface area contributed by atoms with Crippen molar-refractivity contribution in [3.63, 3.8) is 0 Å². The van der Waals surface area contributed by atoms with Gasteiger partial charge < -0.3 is 13.7 Å². The summed E-state index contributed by atoms with van der Waals surface area (Å²) in [6.45, 7) is 0. The summed E-state index contributed by atoms with van der Waals surface area (Å²) in [5.74, 6) is 0.521. The summed E-state index contributed by atoms with van der Waals surface area (Å²) in [4.78, 5) is 12.0. The summed E-state index contributed by atoms with van der Waals surface area (Å²) in [5.41, 5.74) is 11.2. The summed E-state index contributed by atoms with van der Waals surface area (Å²) in [6.07, 6.45) is 0. The number of hydrogen-bond acceptors (Lipinski definition) is 5. The van der Waals surface area contributed by atoms with E-state index in [1.54, 1.807) is 0 Å². The van der Waals surface area contributed by atoms with E-state index >= 15 is 0 Å². The zero-order valence-corrected chi connectivity index (χ0v) is 26.8. The Morgan fingerprint density at radius 2 is 0.960 bits per heavy atom. The Morgan fingerprint density at radius 3 is 1.70 bits per heavy atom. The number of oxazole rings is 2. The first-order valence-corrected chi connectivity index (χ1v) is 16.6. The molecule has 50 heavy (non-hydrogen) atoms. The standard InChI is InChI=1S/C44H28N4O2/c1-3-11-29(12-4-1)30-19-22-33(23-20-30)47(32-13-5-2-6-14-32)34-24-26-37-42(28-34)49-43(45-37)31-21-25-38-41(27-31)50-44(46-38)48-39-17-9-7-15-35(39)36-16-8-10-18-40(36)48/h1-28H. The van der Waals surface area contributed by atoms with Crippen LogP contribution in [0.1, 0.15) is 0 Å². The molecule has 3 aromatic heterocycles. The highest BCUT2D eigenvalue weighted by Gasteiger charge is 2.19. The maximum Gasteiger partial charge on any atom is 0.307 e. The van der Waals surface area contributed by atoms with Crippen LogP contribution in [-0.2, 0) is 0 Å². The summed E-state index contributed by atoms with van der Waals surface area (Å²) >= 11 is 0. The Labute approximate surface area is 287 Å². The van der Waals surface area contributed by atoms with Crippen molar-refractivity contribution >= 4 is 61.1 Å². The van der Waals surface area contributed by atoms with Gasteiger partial charge in [0.2, 0.25) is 5.89 Å². The third-order valence-electron chi connectivity index (χ3n) is 9.27. The molecule has 10 aromatic rings. The second-order valence-corrected chi connectivity index (χ2v) is 12.3. The molecule has 0 saturated carbocycles. The Hall–Kier alpha value is -6.92. The minimum atomic E-state index is 0.521. The van der Waals surface area contributed by atoms with E-state index in [0.29, 0.717) is 23.1 Å². The molecule has 0 saturated heterocycles. The van der Waals surface area contributed by atoms with E-state index in [9.17, 15) is 0 Å². The van der Waals surface area contributed by atoms with E-state index < -0.39 is 0 Å². The summed E-state index contributed by atoms with van der Waals surface area (Å²) in [6, 6.07) is 58.7. The molecule has 0 unspecified atom stereocenters. The number of para-hydroxylation sites is 3. The molecule has 0 aliphatic rings. The number of aromatic nitrogens is 3. The lowest BCUT2D eigenvalue weighted by Gasteiger charge is -2.25. The van der Waals surface area contributed by atoms with Gasteiger partial charge in [-0.05, 0) is 77.9 Å². The molecule has 0 aliphatic heterocycles. The SMILES string of the molecule is c1ccc(-c2ccc(N(c3ccccc3)c3ccc4nc(-c5ccc6nc(-n7c8ccccc8c8ccccc87)oc6c5)oc4c3)cc2)cc1. The molecular weight excluding hydrogens is 617 g/mol. The quantitative estimate of drug-likeness (QED) is 0.180. The van der Waals surface area contributed by atoms with Gasteiger partial charge in [-0.25, -0.2) is 4.98 Å². The Bertz CT molecular complexity index is 2760. The van der Waals surface area contributed by atoms with Gasteiger partial charge in [0.1, 0.15) is 11.0 Å². The highest BCUT2D eigenvalue weighted by atomic mass is 16.4. The zero-order chi connectivity index (χ0) is 33.0. The van der Waals surface area contributed by atoms with Crippen LogP contribution in [0.15, 0.2) is 179 Å². The summed E-state index contributed by atoms with van der Waals surface area (Å²) in [5, 5.41) is 2.32. The number of fused-ring (bicyclic) bond motifs is 5. The minimum Gasteiger partial charge on any atom is -0.436 e. The zero-order valence-electron chi connectivity index (χ0n) is 26.8. The molecule has 0 spiro atoms. The maximum atomic E-state index is 6.43. The van der Waals surface area contributed by atoms with E-state index in [-0.39, 0.29) is 0 Å². The van der Waals surface area contributed by atoms with E-state index in [0.717, 1.165) is 55.5 Å². The first kappa shape index (κ1) is 28.1. The average Bonchev–Trinajstić information content (AvgIpc) is 3.89. The molecule has 6 nitrogen and oxygen atoms in total. The predicted molar refractivity (Wildman–Crippen MR) is 201 cm³/mol. The van der Waals surface area contributed by atoms with Crippen molar-refractivity contribution in [3.05, 3.63) is 170 Å². The molecule has 3 heterocycles. The Kier molecular flexibility index (Phi) is 6.39. The smallest absolute Gasteiger partial charge is 0.307 e. The normalized spacial score (nSPS) is 11.6. The van der Waals surface area contributed by atoms with Crippen molar-refractivity contribution in [2.75, 3.05) is 4.90 Å². The second-order valence-electron chi connectivity index (χ2n) is 12.3. The lowest BCUT2D eigenvalue weighted by molar-refractivity contribution is 0.574. The van der Waals surface area contributed by atoms with Gasteiger partial charge in [0.15, 0.2) is 11.2 Å². The van der Waals surface area contributed by atoms with Gasteiger partial charge in [0.05, 0.1) is 11.0 Å². The van der Waals surface area contributed by atoms with Gasteiger partial charge in [-0.15, -0.1) is 0 Å². The fourth-order valence-corrected chi connectivity index (χ4v) is 6.90. The molecule has 6 heteroatoms. The van der Waals surface area contributed by atoms with E-state index in [4.69, 9.17) is 18.8 Å². The molecule has 236 valence electrons. The molecule has 0 aliphatic carbocycles. The van der Waals surface area contributed by atoms with Crippen LogP contribution in [0.4, 0.5) is 17.1 Å². The number of benzene rings is 7. The van der Waals surface area contributed by atoms with Gasteiger partial charge in [-0.1, -0.05) is 97.1 Å². The number of anilines is 3. The molecular formula is C44H28N4O2. The van der Waals surface area contributed by atoms with E-state index in [1.807, 2.05) is 48.5 Å². The van der Waals surface area contributed by atoms with Crippen molar-refractivity contribution < 1.29 is 8.83 Å². The molecule has 0 bridgehead atoms. The molecule has 7 aromatic carbocycles. The maximum absolute atomic E-state index is 6.43. The Balaban J connectivity index is 1.02. The van der Waals surface area contributed by atoms with Crippen LogP contribution in [0.3, 0.4) is 0 Å². The van der Waals surface area contributed by atoms with Crippen LogP contribution in [0.25, 0.3) is 72.6 Å². The Morgan fingerprint density at radius 1 is 0.420 bits per heavy atom. The van der Waals surface area contributed by atoms with Crippen LogP contribution in [-0.4, -0.2) is 14.5 Å². The van der Waals surface area contributed by atoms with Crippen molar-refractivity contribution in [2.24, 2.45) is 0 Å². The van der Waals surface area contributed by atoms with Crippen LogP contribution >= 0.6 is 0 Å². The van der Waals surface area contributed by atoms with E-state index in [1.165, 1.54) is 11.1 Å². The molecule has 10 rings (SSSR count). The largest absolute Gasteiger partial charge is 0.436 e. The van der Waals surface area contributed by atoms with Crippen molar-refractivity contribution in [3.8, 4) is 28.6 Å². The molecule has 0 atom stereocenters. The van der Waals surface area contributed by atoms with Crippen molar-refractivity contribution in [1.29, 1.82) is 0 Å². The highest BCUT2D eigenvalue weighted by Crippen LogP contribution is 2.38. The van der Waals surface area contributed by atoms with Crippen molar-refractivity contribution in [2.45, 2.75) is 0 Å². The number of nitrogens with zero attached hydrogens (tertiary/aromatic N) is 4. The van der Waals surface area contributed by atoms with Gasteiger partial charge >= 0.3 is 6.01 Å². The lowest BCUT2D eigenvalue weighted by Crippen LogP contribution is -2.09. The monoisotopic (exact) mass is 644 g/mol. The topological polar surface area (TPSA) is 60.2 Å². The fourth-order valence-electron chi connectivity index (χ4n) is 6.90. The lowest BCUT2D eigenvalue weighted by atomic mass is 10.0. The molecule has 0 radical (unpaired) electrons. The van der Waals surface area contributed by atoms with Crippen LogP contribution < -0.4 is 4.90 Å². The van der Waals surface area contributed by atoms with Gasteiger partial charge in [-0.2, -0.15) is 4.98 Å². The van der Waals surface area contributed by atoms with Crippen LogP contribution in [0, 0.1) is 0 Å². The summed E-state index contributed by atoms with van der Waals surface area (Å²) in [7, 11) is 0. The fraction of sp³-hybridized carbons (Fsp3) is 0. The highest BCUT2D eigenvalue weighted by molar-refractivity contribution is 6.09. The van der Waals surface area contributed by atoms with Crippen LogP contribution in [0.5, 0.6) is 0 Å². The van der Waals surface area contributed by atoms with Crippen LogP contribution in [0.2, 0.25) is 0 Å². The first-order valence-electron chi connectivity index (χ1n) is 16.6. The number of hydrogen-bond donors (Lipinski definition) is 0. The average molecular weight is 645 g/mol. The molecule has 0 N–H and O–H groups in total. The van der Waals surface area contributed by atoms with Gasteiger partial charge in [-0.3, -0.25) is 4.57 Å². The third-order valence-corrected chi connectivity index (χ3v) is 9.27.